The largest absolute Gasteiger partial charge is 0.368 e. The van der Waals surface area contributed by atoms with Crippen LogP contribution in [-0.4, -0.2) is 37.6 Å². The highest BCUT2D eigenvalue weighted by Crippen LogP contribution is 2.38. The summed E-state index contributed by atoms with van der Waals surface area (Å²) in [6.07, 6.45) is 0. The van der Waals surface area contributed by atoms with Crippen LogP contribution in [-0.2, 0) is 9.59 Å². The molecule has 1 aliphatic rings. The molecule has 0 aliphatic carbocycles. The first-order valence-electron chi connectivity index (χ1n) is 7.88. The van der Waals surface area contributed by atoms with Gasteiger partial charge in [0.05, 0.1) is 16.6 Å². The molecule has 1 aromatic carbocycles. The lowest BCUT2D eigenvalue weighted by Gasteiger charge is -2.42. The maximum Gasteiger partial charge on any atom is 0.250 e. The molecule has 136 valence electrons. The number of nitrogens with two attached hydrogens (primary N) is 2. The molecule has 0 unspecified atom stereocenters. The van der Waals surface area contributed by atoms with Gasteiger partial charge in [0, 0.05) is 0 Å². The Morgan fingerprint density at radius 3 is 2.46 bits per heavy atom. The van der Waals surface area contributed by atoms with Gasteiger partial charge in [-0.15, -0.1) is 0 Å². The van der Waals surface area contributed by atoms with E-state index >= 15 is 0 Å². The van der Waals surface area contributed by atoms with Crippen molar-refractivity contribution in [1.29, 1.82) is 0 Å². The number of hydrogen-bond donors (Lipinski definition) is 3. The molecule has 1 aromatic heterocycles. The summed E-state index contributed by atoms with van der Waals surface area (Å²) in [6.45, 7) is 5.12. The summed E-state index contributed by atoms with van der Waals surface area (Å²) < 4.78 is 0. The number of fused-ring (bicyclic) bond motifs is 1. The third-order valence-electron chi connectivity index (χ3n) is 4.01. The van der Waals surface area contributed by atoms with Gasteiger partial charge >= 0.3 is 0 Å². The maximum atomic E-state index is 13.2. The van der Waals surface area contributed by atoms with E-state index in [1.165, 1.54) is 4.90 Å². The van der Waals surface area contributed by atoms with Gasteiger partial charge in [-0.1, -0.05) is 23.9 Å². The van der Waals surface area contributed by atoms with Crippen molar-refractivity contribution >= 4 is 46.8 Å². The van der Waals surface area contributed by atoms with E-state index < -0.39 is 10.8 Å². The van der Waals surface area contributed by atoms with Crippen LogP contribution < -0.4 is 21.7 Å². The summed E-state index contributed by atoms with van der Waals surface area (Å²) in [5.41, 5.74) is 11.3. The fourth-order valence-corrected chi connectivity index (χ4v) is 3.49. The molecule has 2 aromatic rings. The second kappa shape index (κ2) is 6.45. The lowest BCUT2D eigenvalue weighted by Crippen LogP contribution is -2.60. The number of para-hydroxylation sites is 2. The highest BCUT2D eigenvalue weighted by Gasteiger charge is 2.44. The second-order valence-corrected chi connectivity index (χ2v) is 7.61. The predicted octanol–water partition coefficient (Wildman–Crippen LogP) is 1.28. The average molecular weight is 373 g/mol. The van der Waals surface area contributed by atoms with Crippen LogP contribution in [0.3, 0.4) is 0 Å². The lowest BCUT2D eigenvalue weighted by atomic mass is 9.96. The van der Waals surface area contributed by atoms with E-state index in [-0.39, 0.29) is 28.9 Å². The number of carbonyl (C=O) groups excluding carboxylic acids is 2. The number of carbonyl (C=O) groups is 2. The molecule has 0 radical (unpaired) electrons. The quantitative estimate of drug-likeness (QED) is 0.684. The van der Waals surface area contributed by atoms with Gasteiger partial charge in [0.25, 0.3) is 0 Å². The molecule has 10 heteroatoms. The minimum Gasteiger partial charge on any atom is -0.368 e. The predicted molar refractivity (Wildman–Crippen MR) is 101 cm³/mol. The number of nitrogen functional groups attached to an aromatic ring is 2. The molecule has 0 spiro atoms. The van der Waals surface area contributed by atoms with E-state index in [2.05, 4.69) is 20.3 Å². The normalized spacial score (nSPS) is 16.6. The molecule has 26 heavy (non-hydrogen) atoms. The number of nitrogens with one attached hydrogen (secondary N) is 1. The van der Waals surface area contributed by atoms with Crippen molar-refractivity contribution in [3.63, 3.8) is 0 Å². The summed E-state index contributed by atoms with van der Waals surface area (Å²) in [6, 6.07) is 7.17. The summed E-state index contributed by atoms with van der Waals surface area (Å²) in [5.74, 6) is -0.527. The molecular formula is C16H19N7O2S. The van der Waals surface area contributed by atoms with Gasteiger partial charge in [0.1, 0.15) is 5.54 Å². The first kappa shape index (κ1) is 17.9. The van der Waals surface area contributed by atoms with Gasteiger partial charge in [-0.05, 0) is 32.9 Å². The fraction of sp³-hybridized carbons (Fsp3) is 0.312. The fourth-order valence-electron chi connectivity index (χ4n) is 2.68. The van der Waals surface area contributed by atoms with Gasteiger partial charge in [-0.3, -0.25) is 14.5 Å². The molecule has 1 atom stereocenters. The van der Waals surface area contributed by atoms with E-state index in [1.807, 2.05) is 6.07 Å². The van der Waals surface area contributed by atoms with Crippen LogP contribution in [0.1, 0.15) is 20.8 Å². The van der Waals surface area contributed by atoms with Crippen molar-refractivity contribution in [2.75, 3.05) is 21.7 Å². The Hall–Kier alpha value is -2.88. The van der Waals surface area contributed by atoms with Gasteiger partial charge in [0.15, 0.2) is 5.16 Å². The SMILES string of the molecule is C[C@H](Sc1nc(N)nc(N)n1)C(=O)N1c2ccccc2NC(=O)C1(C)C. The topological polar surface area (TPSA) is 140 Å². The first-order chi connectivity index (χ1) is 12.2. The van der Waals surface area contributed by atoms with Crippen molar-refractivity contribution in [3.05, 3.63) is 24.3 Å². The van der Waals surface area contributed by atoms with Crippen molar-refractivity contribution in [1.82, 2.24) is 15.0 Å². The molecule has 5 N–H and O–H groups in total. The van der Waals surface area contributed by atoms with E-state index in [1.54, 1.807) is 39.0 Å². The van der Waals surface area contributed by atoms with Crippen LogP contribution in [0.25, 0.3) is 0 Å². The van der Waals surface area contributed by atoms with Crippen LogP contribution in [0.5, 0.6) is 0 Å². The standard InChI is InChI=1S/C16H19N7O2S/c1-8(26-15-21-13(17)20-14(18)22-15)11(24)23-10-7-5-4-6-9(10)19-12(25)16(23,2)3/h4-8H,1-3H3,(H,19,25)(H4,17,18,20,21,22)/t8-/m0/s1. The Labute approximate surface area is 154 Å². The summed E-state index contributed by atoms with van der Waals surface area (Å²) in [4.78, 5) is 38.9. The highest BCUT2D eigenvalue weighted by atomic mass is 32.2. The molecular weight excluding hydrogens is 354 g/mol. The van der Waals surface area contributed by atoms with E-state index in [4.69, 9.17) is 11.5 Å². The molecule has 0 saturated heterocycles. The Morgan fingerprint density at radius 2 is 1.81 bits per heavy atom. The minimum absolute atomic E-state index is 0.0114. The Morgan fingerprint density at radius 1 is 1.19 bits per heavy atom. The zero-order valence-corrected chi connectivity index (χ0v) is 15.4. The number of benzene rings is 1. The third-order valence-corrected chi connectivity index (χ3v) is 4.96. The summed E-state index contributed by atoms with van der Waals surface area (Å²) in [7, 11) is 0. The zero-order chi connectivity index (χ0) is 19.1. The van der Waals surface area contributed by atoms with Crippen molar-refractivity contribution < 1.29 is 9.59 Å². The molecule has 1 aliphatic heterocycles. The summed E-state index contributed by atoms with van der Waals surface area (Å²) >= 11 is 1.11. The average Bonchev–Trinajstić information content (AvgIpc) is 2.54. The number of nitrogens with zero attached hydrogens (tertiary/aromatic N) is 4. The Kier molecular flexibility index (Phi) is 4.45. The molecule has 0 bridgehead atoms. The molecule has 0 saturated carbocycles. The van der Waals surface area contributed by atoms with Crippen LogP contribution in [0.15, 0.2) is 29.4 Å². The molecule has 0 fully saturated rings. The number of amides is 2. The van der Waals surface area contributed by atoms with Crippen LogP contribution in [0, 0.1) is 0 Å². The van der Waals surface area contributed by atoms with E-state index in [0.29, 0.717) is 11.4 Å². The van der Waals surface area contributed by atoms with Crippen molar-refractivity contribution in [3.8, 4) is 0 Å². The lowest BCUT2D eigenvalue weighted by molar-refractivity contribution is -0.126. The molecule has 2 heterocycles. The maximum absolute atomic E-state index is 13.2. The van der Waals surface area contributed by atoms with Gasteiger partial charge < -0.3 is 16.8 Å². The molecule has 9 nitrogen and oxygen atoms in total. The molecule has 2 amide bonds. The van der Waals surface area contributed by atoms with Gasteiger partial charge in [-0.2, -0.15) is 15.0 Å². The molecule has 3 rings (SSSR count). The monoisotopic (exact) mass is 373 g/mol. The van der Waals surface area contributed by atoms with Crippen molar-refractivity contribution in [2.45, 2.75) is 36.7 Å². The number of hydrogen-bond acceptors (Lipinski definition) is 8. The van der Waals surface area contributed by atoms with E-state index in [0.717, 1.165) is 11.8 Å². The minimum atomic E-state index is -1.04. The number of aromatic nitrogens is 3. The van der Waals surface area contributed by atoms with Crippen LogP contribution in [0.4, 0.5) is 23.3 Å². The van der Waals surface area contributed by atoms with Gasteiger partial charge in [-0.25, -0.2) is 0 Å². The summed E-state index contributed by atoms with van der Waals surface area (Å²) in [5, 5.41) is 2.51. The van der Waals surface area contributed by atoms with Crippen LogP contribution >= 0.6 is 11.8 Å². The third kappa shape index (κ3) is 3.15. The zero-order valence-electron chi connectivity index (χ0n) is 14.6. The van der Waals surface area contributed by atoms with Crippen LogP contribution in [0.2, 0.25) is 0 Å². The number of thioether (sulfide) groups is 1. The first-order valence-corrected chi connectivity index (χ1v) is 8.76. The number of rotatable bonds is 3. The highest BCUT2D eigenvalue weighted by molar-refractivity contribution is 8.00. The van der Waals surface area contributed by atoms with Crippen molar-refractivity contribution in [2.24, 2.45) is 0 Å². The van der Waals surface area contributed by atoms with Gasteiger partial charge in [0.2, 0.25) is 23.7 Å². The van der Waals surface area contributed by atoms with E-state index in [9.17, 15) is 9.59 Å². The second-order valence-electron chi connectivity index (χ2n) is 6.30. The Bertz CT molecular complexity index is 866. The Balaban J connectivity index is 1.93. The number of anilines is 4. The smallest absolute Gasteiger partial charge is 0.250 e.